The van der Waals surface area contributed by atoms with Crippen molar-refractivity contribution in [3.8, 4) is 11.5 Å². The number of anilines is 1. The molecule has 0 aliphatic carbocycles. The molecule has 0 aliphatic heterocycles. The third-order valence-electron chi connectivity index (χ3n) is 2.02. The first-order valence-electron chi connectivity index (χ1n) is 4.95. The van der Waals surface area contributed by atoms with Gasteiger partial charge in [0.2, 0.25) is 0 Å². The molecular formula is C11H17NO3. The first kappa shape index (κ1) is 11.7. The standard InChI is InChI=1S/C11H17NO3/c1-14-11-5-4-9(8-10(11)12)15-7-3-2-6-13/h4-5,8,13H,2-3,6-7,12H2,1H3. The molecule has 1 rings (SSSR count). The first-order valence-corrected chi connectivity index (χ1v) is 4.95. The maximum absolute atomic E-state index is 8.58. The summed E-state index contributed by atoms with van der Waals surface area (Å²) < 4.78 is 10.5. The fourth-order valence-electron chi connectivity index (χ4n) is 1.21. The van der Waals surface area contributed by atoms with E-state index in [2.05, 4.69) is 0 Å². The summed E-state index contributed by atoms with van der Waals surface area (Å²) in [5, 5.41) is 8.58. The molecular weight excluding hydrogens is 194 g/mol. The van der Waals surface area contributed by atoms with Crippen molar-refractivity contribution in [2.45, 2.75) is 12.8 Å². The molecule has 0 spiro atoms. The summed E-state index contributed by atoms with van der Waals surface area (Å²) in [6.07, 6.45) is 1.59. The minimum atomic E-state index is 0.202. The van der Waals surface area contributed by atoms with Crippen LogP contribution in [0, 0.1) is 0 Å². The molecule has 0 unspecified atom stereocenters. The van der Waals surface area contributed by atoms with E-state index in [1.807, 2.05) is 6.07 Å². The normalized spacial score (nSPS) is 10.0. The average molecular weight is 211 g/mol. The Hall–Kier alpha value is -1.42. The Labute approximate surface area is 89.6 Å². The van der Waals surface area contributed by atoms with E-state index in [1.54, 1.807) is 19.2 Å². The molecule has 0 amide bonds. The summed E-state index contributed by atoms with van der Waals surface area (Å²) in [7, 11) is 1.58. The number of nitrogen functional groups attached to an aromatic ring is 1. The third-order valence-corrected chi connectivity index (χ3v) is 2.02. The summed E-state index contributed by atoms with van der Waals surface area (Å²) >= 11 is 0. The molecule has 0 heterocycles. The monoisotopic (exact) mass is 211 g/mol. The lowest BCUT2D eigenvalue weighted by atomic mass is 10.3. The van der Waals surface area contributed by atoms with Crippen LogP contribution < -0.4 is 15.2 Å². The highest BCUT2D eigenvalue weighted by Crippen LogP contribution is 2.25. The molecule has 0 saturated heterocycles. The third kappa shape index (κ3) is 3.67. The van der Waals surface area contributed by atoms with Gasteiger partial charge in [0.1, 0.15) is 11.5 Å². The average Bonchev–Trinajstić information content (AvgIpc) is 2.25. The smallest absolute Gasteiger partial charge is 0.142 e. The fraction of sp³-hybridized carbons (Fsp3) is 0.455. The topological polar surface area (TPSA) is 64.7 Å². The number of hydrogen-bond acceptors (Lipinski definition) is 4. The van der Waals surface area contributed by atoms with Gasteiger partial charge in [-0.1, -0.05) is 0 Å². The van der Waals surface area contributed by atoms with Crippen LogP contribution in [0.2, 0.25) is 0 Å². The Kier molecular flexibility index (Phi) is 4.77. The van der Waals surface area contributed by atoms with Gasteiger partial charge < -0.3 is 20.3 Å². The van der Waals surface area contributed by atoms with Crippen molar-refractivity contribution in [3.05, 3.63) is 18.2 Å². The minimum absolute atomic E-state index is 0.202. The van der Waals surface area contributed by atoms with Crippen molar-refractivity contribution in [1.82, 2.24) is 0 Å². The zero-order valence-corrected chi connectivity index (χ0v) is 8.90. The fourth-order valence-corrected chi connectivity index (χ4v) is 1.21. The Balaban J connectivity index is 2.45. The molecule has 4 nitrogen and oxygen atoms in total. The summed E-state index contributed by atoms with van der Waals surface area (Å²) in [6.45, 7) is 0.792. The van der Waals surface area contributed by atoms with Crippen LogP contribution >= 0.6 is 0 Å². The Bertz CT molecular complexity index is 302. The van der Waals surface area contributed by atoms with Gasteiger partial charge in [0, 0.05) is 12.7 Å². The van der Waals surface area contributed by atoms with Gasteiger partial charge in [-0.25, -0.2) is 0 Å². The van der Waals surface area contributed by atoms with Crippen LogP contribution in [0.5, 0.6) is 11.5 Å². The molecule has 0 radical (unpaired) electrons. The molecule has 0 aliphatic rings. The minimum Gasteiger partial charge on any atom is -0.495 e. The van der Waals surface area contributed by atoms with Crippen LogP contribution in [0.1, 0.15) is 12.8 Å². The van der Waals surface area contributed by atoms with Crippen molar-refractivity contribution in [2.75, 3.05) is 26.1 Å². The number of hydrogen-bond donors (Lipinski definition) is 2. The number of aliphatic hydroxyl groups is 1. The molecule has 4 heteroatoms. The van der Waals surface area contributed by atoms with Gasteiger partial charge in [-0.3, -0.25) is 0 Å². The molecule has 3 N–H and O–H groups in total. The Morgan fingerprint density at radius 2 is 2.13 bits per heavy atom. The lowest BCUT2D eigenvalue weighted by molar-refractivity contribution is 0.253. The first-order chi connectivity index (χ1) is 7.27. The number of benzene rings is 1. The SMILES string of the molecule is COc1ccc(OCCCCO)cc1N. The maximum atomic E-state index is 8.58. The van der Waals surface area contributed by atoms with Crippen molar-refractivity contribution < 1.29 is 14.6 Å². The van der Waals surface area contributed by atoms with Gasteiger partial charge in [0.15, 0.2) is 0 Å². The van der Waals surface area contributed by atoms with Gasteiger partial charge in [-0.2, -0.15) is 0 Å². The Morgan fingerprint density at radius 3 is 2.73 bits per heavy atom. The van der Waals surface area contributed by atoms with E-state index in [-0.39, 0.29) is 6.61 Å². The van der Waals surface area contributed by atoms with Crippen molar-refractivity contribution in [3.63, 3.8) is 0 Å². The second-order valence-electron chi connectivity index (χ2n) is 3.18. The molecule has 0 bridgehead atoms. The highest BCUT2D eigenvalue weighted by atomic mass is 16.5. The van der Waals surface area contributed by atoms with E-state index < -0.39 is 0 Å². The lowest BCUT2D eigenvalue weighted by Crippen LogP contribution is -2.00. The molecule has 1 aromatic rings. The van der Waals surface area contributed by atoms with Crippen molar-refractivity contribution in [1.29, 1.82) is 0 Å². The van der Waals surface area contributed by atoms with E-state index in [0.29, 0.717) is 18.0 Å². The number of rotatable bonds is 6. The van der Waals surface area contributed by atoms with Crippen LogP contribution in [0.3, 0.4) is 0 Å². The van der Waals surface area contributed by atoms with Gasteiger partial charge >= 0.3 is 0 Å². The number of aliphatic hydroxyl groups excluding tert-OH is 1. The van der Waals surface area contributed by atoms with Crippen LogP contribution in [0.15, 0.2) is 18.2 Å². The summed E-state index contributed by atoms with van der Waals surface area (Å²) in [5.74, 6) is 1.38. The van der Waals surface area contributed by atoms with Gasteiger partial charge in [0.05, 0.1) is 19.4 Å². The number of methoxy groups -OCH3 is 1. The zero-order chi connectivity index (χ0) is 11.1. The predicted molar refractivity (Wildman–Crippen MR) is 59.2 cm³/mol. The number of unbranched alkanes of at least 4 members (excludes halogenated alkanes) is 1. The van der Waals surface area contributed by atoms with Gasteiger partial charge in [-0.05, 0) is 25.0 Å². The molecule has 0 saturated carbocycles. The molecule has 0 aromatic heterocycles. The second-order valence-corrected chi connectivity index (χ2v) is 3.18. The highest BCUT2D eigenvalue weighted by Gasteiger charge is 2.00. The van der Waals surface area contributed by atoms with E-state index >= 15 is 0 Å². The van der Waals surface area contributed by atoms with Gasteiger partial charge in [0.25, 0.3) is 0 Å². The van der Waals surface area contributed by atoms with E-state index in [0.717, 1.165) is 18.6 Å². The summed E-state index contributed by atoms with van der Waals surface area (Å²) in [6, 6.07) is 5.32. The van der Waals surface area contributed by atoms with Crippen LogP contribution in [0.4, 0.5) is 5.69 Å². The van der Waals surface area contributed by atoms with Crippen molar-refractivity contribution in [2.24, 2.45) is 0 Å². The lowest BCUT2D eigenvalue weighted by Gasteiger charge is -2.08. The number of ether oxygens (including phenoxy) is 2. The zero-order valence-electron chi connectivity index (χ0n) is 8.90. The largest absolute Gasteiger partial charge is 0.495 e. The Morgan fingerprint density at radius 1 is 1.33 bits per heavy atom. The summed E-state index contributed by atoms with van der Waals surface area (Å²) in [4.78, 5) is 0. The molecule has 1 aromatic carbocycles. The van der Waals surface area contributed by atoms with Crippen molar-refractivity contribution >= 4 is 5.69 Å². The van der Waals surface area contributed by atoms with E-state index in [4.69, 9.17) is 20.3 Å². The highest BCUT2D eigenvalue weighted by molar-refractivity contribution is 5.56. The molecule has 0 atom stereocenters. The molecule has 0 fully saturated rings. The molecule has 15 heavy (non-hydrogen) atoms. The maximum Gasteiger partial charge on any atom is 0.142 e. The van der Waals surface area contributed by atoms with Gasteiger partial charge in [-0.15, -0.1) is 0 Å². The predicted octanol–water partition coefficient (Wildman–Crippen LogP) is 1.43. The second kappa shape index (κ2) is 6.14. The van der Waals surface area contributed by atoms with E-state index in [9.17, 15) is 0 Å². The quantitative estimate of drug-likeness (QED) is 0.552. The molecule has 84 valence electrons. The van der Waals surface area contributed by atoms with Crippen LogP contribution in [0.25, 0.3) is 0 Å². The number of nitrogens with two attached hydrogens (primary N) is 1. The summed E-state index contributed by atoms with van der Waals surface area (Å²) in [5.41, 5.74) is 6.28. The van der Waals surface area contributed by atoms with Crippen LogP contribution in [-0.2, 0) is 0 Å². The van der Waals surface area contributed by atoms with E-state index in [1.165, 1.54) is 0 Å². The van der Waals surface area contributed by atoms with Crippen LogP contribution in [-0.4, -0.2) is 25.4 Å².